The summed E-state index contributed by atoms with van der Waals surface area (Å²) in [7, 11) is 2.22. The van der Waals surface area contributed by atoms with Crippen molar-refractivity contribution in [2.24, 2.45) is 0 Å². The lowest BCUT2D eigenvalue weighted by atomic mass is 9.99. The van der Waals surface area contributed by atoms with Crippen LogP contribution in [0.3, 0.4) is 0 Å². The van der Waals surface area contributed by atoms with Crippen LogP contribution in [0.1, 0.15) is 19.4 Å². The minimum absolute atomic E-state index is 0.299. The van der Waals surface area contributed by atoms with Gasteiger partial charge >= 0.3 is 0 Å². The lowest BCUT2D eigenvalue weighted by Gasteiger charge is -2.45. The van der Waals surface area contributed by atoms with Gasteiger partial charge in [-0.15, -0.1) is 0 Å². The summed E-state index contributed by atoms with van der Waals surface area (Å²) in [6.07, 6.45) is 0. The normalized spacial score (nSPS) is 22.2. The zero-order valence-corrected chi connectivity index (χ0v) is 10.6. The van der Waals surface area contributed by atoms with Crippen LogP contribution in [0.25, 0.3) is 0 Å². The van der Waals surface area contributed by atoms with E-state index in [1.54, 1.807) is 0 Å². The quantitative estimate of drug-likeness (QED) is 0.751. The summed E-state index contributed by atoms with van der Waals surface area (Å²) in [5.41, 5.74) is 1.72. The molecule has 0 N–H and O–H groups in total. The van der Waals surface area contributed by atoms with Crippen LogP contribution in [0, 0.1) is 0 Å². The molecule has 0 saturated carbocycles. The van der Waals surface area contributed by atoms with Crippen LogP contribution in [0.4, 0.5) is 0 Å². The van der Waals surface area contributed by atoms with Crippen LogP contribution in [-0.2, 0) is 6.54 Å². The third kappa shape index (κ3) is 2.63. The standard InChI is InChI=1S/C14H22N2/c1-14(2)12-16(10-9-15(14)3)11-13-7-5-4-6-8-13/h4-8H,9-12H2,1-3H3. The molecule has 1 aliphatic rings. The van der Waals surface area contributed by atoms with Crippen LogP contribution in [-0.4, -0.2) is 42.0 Å². The van der Waals surface area contributed by atoms with E-state index in [0.717, 1.165) is 13.1 Å². The number of benzene rings is 1. The fourth-order valence-corrected chi connectivity index (χ4v) is 2.32. The molecule has 0 amide bonds. The molecule has 1 aromatic carbocycles. The average Bonchev–Trinajstić information content (AvgIpc) is 2.25. The molecule has 0 spiro atoms. The van der Waals surface area contributed by atoms with Crippen molar-refractivity contribution in [3.05, 3.63) is 35.9 Å². The molecule has 2 rings (SSSR count). The number of likely N-dealkylation sites (N-methyl/N-ethyl adjacent to an activating group) is 1. The van der Waals surface area contributed by atoms with Crippen molar-refractivity contribution in [1.29, 1.82) is 0 Å². The average molecular weight is 218 g/mol. The van der Waals surface area contributed by atoms with E-state index in [1.807, 2.05) is 0 Å². The molecule has 88 valence electrons. The largest absolute Gasteiger partial charge is 0.299 e. The highest BCUT2D eigenvalue weighted by Crippen LogP contribution is 2.20. The minimum Gasteiger partial charge on any atom is -0.299 e. The molecule has 1 heterocycles. The highest BCUT2D eigenvalue weighted by Gasteiger charge is 2.30. The van der Waals surface area contributed by atoms with E-state index in [2.05, 4.69) is 61.0 Å². The van der Waals surface area contributed by atoms with E-state index in [0.29, 0.717) is 5.54 Å². The Balaban J connectivity index is 1.97. The summed E-state index contributed by atoms with van der Waals surface area (Å²) in [5.74, 6) is 0. The Kier molecular flexibility index (Phi) is 3.31. The molecule has 1 fully saturated rings. The minimum atomic E-state index is 0.299. The van der Waals surface area contributed by atoms with Crippen molar-refractivity contribution in [1.82, 2.24) is 9.80 Å². The second kappa shape index (κ2) is 4.56. The van der Waals surface area contributed by atoms with Gasteiger partial charge in [-0.1, -0.05) is 30.3 Å². The Morgan fingerprint density at radius 2 is 1.81 bits per heavy atom. The molecular formula is C14H22N2. The van der Waals surface area contributed by atoms with Gasteiger partial charge in [0.25, 0.3) is 0 Å². The number of hydrogen-bond donors (Lipinski definition) is 0. The number of hydrogen-bond acceptors (Lipinski definition) is 2. The van der Waals surface area contributed by atoms with Gasteiger partial charge in [-0.3, -0.25) is 9.80 Å². The zero-order chi connectivity index (χ0) is 11.6. The Morgan fingerprint density at radius 3 is 2.44 bits per heavy atom. The van der Waals surface area contributed by atoms with Crippen molar-refractivity contribution < 1.29 is 0 Å². The van der Waals surface area contributed by atoms with Gasteiger partial charge in [0.2, 0.25) is 0 Å². The van der Waals surface area contributed by atoms with Gasteiger partial charge in [-0.2, -0.15) is 0 Å². The summed E-state index contributed by atoms with van der Waals surface area (Å²) in [6.45, 7) is 9.22. The summed E-state index contributed by atoms with van der Waals surface area (Å²) in [4.78, 5) is 5.00. The summed E-state index contributed by atoms with van der Waals surface area (Å²) < 4.78 is 0. The van der Waals surface area contributed by atoms with Crippen molar-refractivity contribution >= 4 is 0 Å². The Hall–Kier alpha value is -0.860. The Morgan fingerprint density at radius 1 is 1.12 bits per heavy atom. The first-order valence-electron chi connectivity index (χ1n) is 6.05. The summed E-state index contributed by atoms with van der Waals surface area (Å²) in [6, 6.07) is 10.8. The fraction of sp³-hybridized carbons (Fsp3) is 0.571. The van der Waals surface area contributed by atoms with Gasteiger partial charge in [0, 0.05) is 31.7 Å². The Labute approximate surface area is 98.9 Å². The molecule has 0 aliphatic carbocycles. The predicted octanol–water partition coefficient (Wildman–Crippen LogP) is 2.21. The van der Waals surface area contributed by atoms with Crippen molar-refractivity contribution in [3.63, 3.8) is 0 Å². The van der Waals surface area contributed by atoms with E-state index >= 15 is 0 Å². The van der Waals surface area contributed by atoms with Crippen LogP contribution < -0.4 is 0 Å². The molecule has 0 aromatic heterocycles. The van der Waals surface area contributed by atoms with Gasteiger partial charge < -0.3 is 0 Å². The molecule has 2 nitrogen and oxygen atoms in total. The maximum Gasteiger partial charge on any atom is 0.0277 e. The van der Waals surface area contributed by atoms with E-state index < -0.39 is 0 Å². The molecule has 1 aliphatic heterocycles. The monoisotopic (exact) mass is 218 g/mol. The number of piperazine rings is 1. The first-order chi connectivity index (χ1) is 7.58. The molecule has 1 saturated heterocycles. The summed E-state index contributed by atoms with van der Waals surface area (Å²) in [5, 5.41) is 0. The number of nitrogens with zero attached hydrogens (tertiary/aromatic N) is 2. The fourth-order valence-electron chi connectivity index (χ4n) is 2.32. The van der Waals surface area contributed by atoms with Gasteiger partial charge in [-0.05, 0) is 26.5 Å². The second-order valence-electron chi connectivity index (χ2n) is 5.43. The van der Waals surface area contributed by atoms with Crippen molar-refractivity contribution in [3.8, 4) is 0 Å². The van der Waals surface area contributed by atoms with Gasteiger partial charge in [0.15, 0.2) is 0 Å². The topological polar surface area (TPSA) is 6.48 Å². The molecule has 16 heavy (non-hydrogen) atoms. The van der Waals surface area contributed by atoms with Crippen LogP contribution >= 0.6 is 0 Å². The molecular weight excluding hydrogens is 196 g/mol. The van der Waals surface area contributed by atoms with Crippen LogP contribution in [0.2, 0.25) is 0 Å². The first kappa shape index (κ1) is 11.6. The third-order valence-electron chi connectivity index (χ3n) is 3.64. The molecule has 0 bridgehead atoms. The highest BCUT2D eigenvalue weighted by atomic mass is 15.3. The van der Waals surface area contributed by atoms with Crippen LogP contribution in [0.15, 0.2) is 30.3 Å². The second-order valence-corrected chi connectivity index (χ2v) is 5.43. The van der Waals surface area contributed by atoms with Gasteiger partial charge in [0.1, 0.15) is 0 Å². The maximum atomic E-state index is 2.55. The van der Waals surface area contributed by atoms with Crippen molar-refractivity contribution in [2.45, 2.75) is 25.9 Å². The van der Waals surface area contributed by atoms with E-state index in [4.69, 9.17) is 0 Å². The predicted molar refractivity (Wildman–Crippen MR) is 68.4 cm³/mol. The third-order valence-corrected chi connectivity index (χ3v) is 3.64. The molecule has 0 unspecified atom stereocenters. The van der Waals surface area contributed by atoms with Crippen LogP contribution in [0.5, 0.6) is 0 Å². The maximum absolute atomic E-state index is 2.55. The SMILES string of the molecule is CN1CCN(Cc2ccccc2)CC1(C)C. The Bertz CT molecular complexity index is 332. The van der Waals surface area contributed by atoms with Crippen molar-refractivity contribution in [2.75, 3.05) is 26.7 Å². The molecule has 0 atom stereocenters. The lowest BCUT2D eigenvalue weighted by molar-refractivity contribution is 0.0360. The lowest BCUT2D eigenvalue weighted by Crippen LogP contribution is -2.57. The zero-order valence-electron chi connectivity index (χ0n) is 10.6. The highest BCUT2D eigenvalue weighted by molar-refractivity contribution is 5.14. The van der Waals surface area contributed by atoms with E-state index in [1.165, 1.54) is 18.7 Å². The van der Waals surface area contributed by atoms with E-state index in [9.17, 15) is 0 Å². The molecule has 1 aromatic rings. The molecule has 0 radical (unpaired) electrons. The summed E-state index contributed by atoms with van der Waals surface area (Å²) >= 11 is 0. The van der Waals surface area contributed by atoms with Gasteiger partial charge in [0.05, 0.1) is 0 Å². The smallest absolute Gasteiger partial charge is 0.0277 e. The van der Waals surface area contributed by atoms with E-state index in [-0.39, 0.29) is 0 Å². The van der Waals surface area contributed by atoms with Gasteiger partial charge in [-0.25, -0.2) is 0 Å². The number of rotatable bonds is 2. The molecule has 2 heteroatoms. The first-order valence-corrected chi connectivity index (χ1v) is 6.05.